The van der Waals surface area contributed by atoms with Crippen molar-refractivity contribution < 1.29 is 19.5 Å². The van der Waals surface area contributed by atoms with E-state index >= 15 is 0 Å². The molecule has 3 amide bonds. The van der Waals surface area contributed by atoms with Crippen molar-refractivity contribution in [3.63, 3.8) is 0 Å². The summed E-state index contributed by atoms with van der Waals surface area (Å²) in [5.74, 6) is -1.16. The molecular formula is C25H35N3O4S. The van der Waals surface area contributed by atoms with Crippen LogP contribution in [0.3, 0.4) is 0 Å². The summed E-state index contributed by atoms with van der Waals surface area (Å²) in [6.45, 7) is 3.30. The van der Waals surface area contributed by atoms with Gasteiger partial charge in [0.25, 0.3) is 0 Å². The first kappa shape index (κ1) is 24.1. The van der Waals surface area contributed by atoms with Crippen LogP contribution >= 0.6 is 11.8 Å². The second-order valence-corrected chi connectivity index (χ2v) is 11.0. The highest BCUT2D eigenvalue weighted by Gasteiger charge is 2.73. The third-order valence-electron chi connectivity index (χ3n) is 7.28. The Bertz CT molecular complexity index is 866. The van der Waals surface area contributed by atoms with Gasteiger partial charge in [0.2, 0.25) is 17.7 Å². The first-order valence-corrected chi connectivity index (χ1v) is 13.1. The van der Waals surface area contributed by atoms with E-state index in [1.165, 1.54) is 0 Å². The summed E-state index contributed by atoms with van der Waals surface area (Å²) >= 11 is 1.70. The summed E-state index contributed by atoms with van der Waals surface area (Å²) in [6.07, 6.45) is 5.74. The number of amides is 3. The minimum Gasteiger partial charge on any atom is -0.396 e. The molecule has 3 aliphatic heterocycles. The molecule has 3 aliphatic rings. The van der Waals surface area contributed by atoms with Gasteiger partial charge in [-0.05, 0) is 50.7 Å². The number of carbonyl (C=O) groups is 3. The van der Waals surface area contributed by atoms with E-state index in [0.717, 1.165) is 44.2 Å². The zero-order chi connectivity index (χ0) is 23.4. The second-order valence-electron chi connectivity index (χ2n) is 9.37. The Morgan fingerprint density at radius 2 is 1.94 bits per heavy atom. The van der Waals surface area contributed by atoms with Crippen molar-refractivity contribution in [3.05, 3.63) is 30.3 Å². The van der Waals surface area contributed by atoms with Gasteiger partial charge in [-0.15, -0.1) is 11.8 Å². The number of unbranched alkanes of at least 4 members (excludes halogenated alkanes) is 3. The minimum absolute atomic E-state index is 0.0578. The minimum atomic E-state index is -0.537. The monoisotopic (exact) mass is 473 g/mol. The quantitative estimate of drug-likeness (QED) is 0.429. The van der Waals surface area contributed by atoms with Crippen LogP contribution in [0.1, 0.15) is 51.9 Å². The third-order valence-corrected chi connectivity index (χ3v) is 9.23. The molecule has 3 saturated heterocycles. The number of aliphatic hydroxyl groups is 1. The predicted octanol–water partition coefficient (Wildman–Crippen LogP) is 2.80. The SMILES string of the molecule is CCCCNC(=O)C1N(CCCCCO)C(=O)[C@@H]2[C@@H](C(=O)Nc3ccccc3)[C@H]3CCC12S3. The van der Waals surface area contributed by atoms with Gasteiger partial charge < -0.3 is 20.6 Å². The van der Waals surface area contributed by atoms with Crippen molar-refractivity contribution in [2.24, 2.45) is 11.8 Å². The standard InChI is InChI=1S/C25H35N3O4S/c1-2-3-14-26-23(31)21-25-13-12-18(33-25)19(22(30)27-17-10-6-4-7-11-17)20(25)24(32)28(21)15-8-5-9-16-29/h4,6-7,10-11,18-21,29H,2-3,5,8-9,12-16H2,1H3,(H,26,31)(H,27,30)/t18-,19+,20+,21?,25?/m1/s1. The molecule has 1 spiro atoms. The molecule has 0 aromatic heterocycles. The number of thioether (sulfide) groups is 1. The molecule has 3 N–H and O–H groups in total. The van der Waals surface area contributed by atoms with Gasteiger partial charge in [-0.25, -0.2) is 0 Å². The summed E-state index contributed by atoms with van der Waals surface area (Å²) in [6, 6.07) is 8.81. The molecule has 0 saturated carbocycles. The highest BCUT2D eigenvalue weighted by molar-refractivity contribution is 8.02. The largest absolute Gasteiger partial charge is 0.396 e. The van der Waals surface area contributed by atoms with Crippen LogP contribution in [0.25, 0.3) is 0 Å². The first-order valence-electron chi connectivity index (χ1n) is 12.3. The Morgan fingerprint density at radius 1 is 1.15 bits per heavy atom. The predicted molar refractivity (Wildman–Crippen MR) is 130 cm³/mol. The molecule has 1 aromatic rings. The van der Waals surface area contributed by atoms with Crippen LogP contribution in [0.5, 0.6) is 0 Å². The van der Waals surface area contributed by atoms with Crippen LogP contribution in [0.15, 0.2) is 30.3 Å². The molecule has 3 heterocycles. The van der Waals surface area contributed by atoms with Crippen molar-refractivity contribution >= 4 is 35.2 Å². The van der Waals surface area contributed by atoms with E-state index in [-0.39, 0.29) is 29.6 Å². The van der Waals surface area contributed by atoms with Crippen LogP contribution in [0.4, 0.5) is 5.69 Å². The van der Waals surface area contributed by atoms with Crippen LogP contribution in [-0.4, -0.2) is 63.5 Å². The number of rotatable bonds is 11. The van der Waals surface area contributed by atoms with E-state index in [1.807, 2.05) is 30.3 Å². The third kappa shape index (κ3) is 4.52. The molecule has 1 aromatic carbocycles. The Labute approximate surface area is 200 Å². The number of benzene rings is 1. The molecular weight excluding hydrogens is 438 g/mol. The lowest BCUT2D eigenvalue weighted by atomic mass is 9.70. The maximum absolute atomic E-state index is 13.8. The number of nitrogens with zero attached hydrogens (tertiary/aromatic N) is 1. The molecule has 33 heavy (non-hydrogen) atoms. The fourth-order valence-electron chi connectivity index (χ4n) is 5.80. The van der Waals surface area contributed by atoms with Crippen LogP contribution in [0, 0.1) is 11.8 Å². The molecule has 7 nitrogen and oxygen atoms in total. The van der Waals surface area contributed by atoms with Gasteiger partial charge in [0.1, 0.15) is 6.04 Å². The fraction of sp³-hybridized carbons (Fsp3) is 0.640. The summed E-state index contributed by atoms with van der Waals surface area (Å²) in [5, 5.41) is 15.2. The number of fused-ring (bicyclic) bond motifs is 1. The Morgan fingerprint density at radius 3 is 2.67 bits per heavy atom. The van der Waals surface area contributed by atoms with Crippen molar-refractivity contribution in [3.8, 4) is 0 Å². The molecule has 2 unspecified atom stereocenters. The van der Waals surface area contributed by atoms with E-state index in [1.54, 1.807) is 16.7 Å². The number of carbonyl (C=O) groups excluding carboxylic acids is 3. The molecule has 0 aliphatic carbocycles. The summed E-state index contributed by atoms with van der Waals surface area (Å²) in [4.78, 5) is 42.3. The Kier molecular flexibility index (Phi) is 7.64. The van der Waals surface area contributed by atoms with Gasteiger partial charge in [0.15, 0.2) is 0 Å². The number of likely N-dealkylation sites (tertiary alicyclic amines) is 1. The Balaban J connectivity index is 1.58. The molecule has 0 radical (unpaired) electrons. The van der Waals surface area contributed by atoms with Gasteiger partial charge in [0.05, 0.1) is 16.6 Å². The normalized spacial score (nSPS) is 29.9. The molecule has 5 atom stereocenters. The molecule has 4 rings (SSSR count). The topological polar surface area (TPSA) is 98.7 Å². The van der Waals surface area contributed by atoms with E-state index in [9.17, 15) is 14.4 Å². The van der Waals surface area contributed by atoms with E-state index in [4.69, 9.17) is 5.11 Å². The lowest BCUT2D eigenvalue weighted by Gasteiger charge is -2.34. The zero-order valence-electron chi connectivity index (χ0n) is 19.3. The maximum Gasteiger partial charge on any atom is 0.244 e. The van der Waals surface area contributed by atoms with E-state index in [2.05, 4.69) is 17.6 Å². The molecule has 2 bridgehead atoms. The van der Waals surface area contributed by atoms with Gasteiger partial charge in [-0.1, -0.05) is 31.5 Å². The number of anilines is 1. The lowest BCUT2D eigenvalue weighted by Crippen LogP contribution is -2.53. The second kappa shape index (κ2) is 10.5. The molecule has 3 fully saturated rings. The number of hydrogen-bond acceptors (Lipinski definition) is 5. The average Bonchev–Trinajstić information content (AvgIpc) is 3.45. The average molecular weight is 474 g/mol. The van der Waals surface area contributed by atoms with Crippen LogP contribution < -0.4 is 10.6 Å². The van der Waals surface area contributed by atoms with Gasteiger partial charge in [-0.2, -0.15) is 0 Å². The first-order chi connectivity index (χ1) is 16.0. The van der Waals surface area contributed by atoms with Crippen LogP contribution in [-0.2, 0) is 14.4 Å². The Hall–Kier alpha value is -2.06. The van der Waals surface area contributed by atoms with Crippen molar-refractivity contribution in [2.75, 3.05) is 25.0 Å². The van der Waals surface area contributed by atoms with Gasteiger partial charge in [-0.3, -0.25) is 14.4 Å². The number of hydrogen-bond donors (Lipinski definition) is 3. The summed E-state index contributed by atoms with van der Waals surface area (Å²) in [7, 11) is 0. The number of para-hydroxylation sites is 1. The maximum atomic E-state index is 13.8. The smallest absolute Gasteiger partial charge is 0.244 e. The van der Waals surface area contributed by atoms with Crippen molar-refractivity contribution in [1.29, 1.82) is 0 Å². The summed E-state index contributed by atoms with van der Waals surface area (Å²) in [5.41, 5.74) is 0.726. The van der Waals surface area contributed by atoms with E-state index < -0.39 is 22.6 Å². The van der Waals surface area contributed by atoms with E-state index in [0.29, 0.717) is 19.5 Å². The molecule has 180 valence electrons. The van der Waals surface area contributed by atoms with Crippen LogP contribution in [0.2, 0.25) is 0 Å². The zero-order valence-corrected chi connectivity index (χ0v) is 20.1. The van der Waals surface area contributed by atoms with Gasteiger partial charge >= 0.3 is 0 Å². The number of nitrogens with one attached hydrogen (secondary N) is 2. The molecule has 8 heteroatoms. The lowest BCUT2D eigenvalue weighted by molar-refractivity contribution is -0.139. The number of aliphatic hydroxyl groups excluding tert-OH is 1. The van der Waals surface area contributed by atoms with Gasteiger partial charge in [0, 0.05) is 30.6 Å². The van der Waals surface area contributed by atoms with Crippen molar-refractivity contribution in [2.45, 2.75) is 67.9 Å². The highest BCUT2D eigenvalue weighted by atomic mass is 32.2. The fourth-order valence-corrected chi connectivity index (χ4v) is 8.02. The van der Waals surface area contributed by atoms with Crippen molar-refractivity contribution in [1.82, 2.24) is 10.2 Å². The highest BCUT2D eigenvalue weighted by Crippen LogP contribution is 2.66. The summed E-state index contributed by atoms with van der Waals surface area (Å²) < 4.78 is -0.534.